The maximum atomic E-state index is 12.8. The minimum absolute atomic E-state index is 0.0404. The maximum absolute atomic E-state index is 12.8. The van der Waals surface area contributed by atoms with Gasteiger partial charge in [0.25, 0.3) is 0 Å². The van der Waals surface area contributed by atoms with E-state index in [1.165, 1.54) is 41.3 Å². The van der Waals surface area contributed by atoms with Gasteiger partial charge in [0, 0.05) is 68.5 Å². The molecular weight excluding hydrogens is 602 g/mol. The molecule has 0 saturated carbocycles. The summed E-state index contributed by atoms with van der Waals surface area (Å²) < 4.78 is 6.18. The minimum atomic E-state index is -0.157. The first-order valence-corrected chi connectivity index (χ1v) is 15.6. The molecule has 7 heteroatoms. The SMILES string of the molecule is COC[N+](c1ccccc1)(c1ccccc1)c1ccccc1.Cc1cc(Cc2ccc(O)cc2O)c([O-])c(Cc2ccc(O)cc2O)c1. The molecule has 0 aliphatic rings. The minimum Gasteiger partial charge on any atom is -0.872 e. The van der Waals surface area contributed by atoms with Crippen LogP contribution in [0.1, 0.15) is 27.8 Å². The second-order valence-electron chi connectivity index (χ2n) is 11.6. The molecule has 0 aromatic heterocycles. The lowest BCUT2D eigenvalue weighted by Gasteiger charge is -2.36. The summed E-state index contributed by atoms with van der Waals surface area (Å²) in [6, 6.07) is 43.6. The number of hydrogen-bond acceptors (Lipinski definition) is 6. The van der Waals surface area contributed by atoms with Crippen LogP contribution in [0.2, 0.25) is 0 Å². The third kappa shape index (κ3) is 7.61. The van der Waals surface area contributed by atoms with Gasteiger partial charge < -0.3 is 30.3 Å². The summed E-state index contributed by atoms with van der Waals surface area (Å²) in [6.07, 6.45) is 0.475. The highest BCUT2D eigenvalue weighted by Crippen LogP contribution is 2.43. The van der Waals surface area contributed by atoms with Crippen molar-refractivity contribution in [3.8, 4) is 28.7 Å². The number of benzene rings is 6. The topological polar surface area (TPSA) is 113 Å². The maximum Gasteiger partial charge on any atom is 0.196 e. The van der Waals surface area contributed by atoms with E-state index in [1.807, 2.05) is 25.1 Å². The lowest BCUT2D eigenvalue weighted by Crippen LogP contribution is -2.40. The van der Waals surface area contributed by atoms with Crippen molar-refractivity contribution in [3.05, 3.63) is 167 Å². The number of rotatable bonds is 9. The predicted molar refractivity (Wildman–Crippen MR) is 188 cm³/mol. The van der Waals surface area contributed by atoms with E-state index in [0.29, 0.717) is 33.5 Å². The van der Waals surface area contributed by atoms with Crippen LogP contribution in [-0.4, -0.2) is 34.3 Å². The quantitative estimate of drug-likeness (QED) is 0.0933. The molecule has 6 aromatic rings. The Morgan fingerprint density at radius 2 is 0.896 bits per heavy atom. The molecule has 0 aliphatic heterocycles. The number of hydrogen-bond donors (Lipinski definition) is 4. The first-order chi connectivity index (χ1) is 23.2. The van der Waals surface area contributed by atoms with Gasteiger partial charge in [0.1, 0.15) is 40.1 Å². The Kier molecular flexibility index (Phi) is 10.7. The number of nitrogens with zero attached hydrogens (tertiary/aromatic N) is 1. The molecule has 0 atom stereocenters. The highest BCUT2D eigenvalue weighted by Gasteiger charge is 2.36. The molecule has 0 bridgehead atoms. The molecule has 0 fully saturated rings. The number of phenols is 4. The van der Waals surface area contributed by atoms with Crippen molar-refractivity contribution in [2.75, 3.05) is 13.8 Å². The van der Waals surface area contributed by atoms with Gasteiger partial charge in [-0.05, 0) is 30.2 Å². The summed E-state index contributed by atoms with van der Waals surface area (Å²) in [4.78, 5) is 0. The Morgan fingerprint density at radius 3 is 1.23 bits per heavy atom. The van der Waals surface area contributed by atoms with Gasteiger partial charge in [-0.3, -0.25) is 0 Å². The first-order valence-electron chi connectivity index (χ1n) is 15.6. The third-order valence-electron chi connectivity index (χ3n) is 8.20. The molecule has 0 heterocycles. The standard InChI is InChI=1S/C21H20O5.C20H20NO/c1-12-6-15(8-13-2-4-17(22)10-19(13)24)21(26)16(7-12)9-14-3-5-18(23)11-20(14)25;1-22-17-21(18-11-5-2-6-12-18,19-13-7-3-8-14-19)20-15-9-4-10-16-20/h2-7,10-11,22-26H,8-9H2,1H3;2-16H,17H2,1H3/q;+1/p-1. The lowest BCUT2D eigenvalue weighted by atomic mass is 9.95. The number of aromatic hydroxyl groups is 4. The summed E-state index contributed by atoms with van der Waals surface area (Å²) in [6.45, 7) is 2.41. The van der Waals surface area contributed by atoms with Crippen LogP contribution in [0, 0.1) is 6.92 Å². The number of para-hydroxylation sites is 3. The van der Waals surface area contributed by atoms with Gasteiger partial charge in [0.05, 0.1) is 0 Å². The number of methoxy groups -OCH3 is 1. The van der Waals surface area contributed by atoms with Gasteiger partial charge in [-0.25, -0.2) is 4.48 Å². The second kappa shape index (κ2) is 15.2. The molecule has 0 aliphatic carbocycles. The molecule has 6 aromatic carbocycles. The van der Waals surface area contributed by atoms with E-state index < -0.39 is 0 Å². The van der Waals surface area contributed by atoms with E-state index in [-0.39, 0.29) is 41.6 Å². The number of quaternary nitrogens is 1. The van der Waals surface area contributed by atoms with E-state index in [9.17, 15) is 25.5 Å². The number of phenolic OH excluding ortho intramolecular Hbond substituents is 4. The van der Waals surface area contributed by atoms with Crippen molar-refractivity contribution in [2.45, 2.75) is 19.8 Å². The van der Waals surface area contributed by atoms with Gasteiger partial charge in [0.2, 0.25) is 0 Å². The Hall–Kier alpha value is -5.76. The largest absolute Gasteiger partial charge is 0.872 e. The van der Waals surface area contributed by atoms with Gasteiger partial charge in [0.15, 0.2) is 6.73 Å². The van der Waals surface area contributed by atoms with Crippen molar-refractivity contribution in [2.24, 2.45) is 0 Å². The zero-order valence-corrected chi connectivity index (χ0v) is 27.0. The van der Waals surface area contributed by atoms with Crippen LogP contribution in [0.25, 0.3) is 0 Å². The van der Waals surface area contributed by atoms with Crippen LogP contribution in [0.5, 0.6) is 28.7 Å². The summed E-state index contributed by atoms with van der Waals surface area (Å²) in [5.74, 6) is -0.370. The lowest BCUT2D eigenvalue weighted by molar-refractivity contribution is -0.270. The third-order valence-corrected chi connectivity index (χ3v) is 8.20. The van der Waals surface area contributed by atoms with E-state index in [1.54, 1.807) is 31.4 Å². The fourth-order valence-corrected chi connectivity index (χ4v) is 5.92. The summed E-state index contributed by atoms with van der Waals surface area (Å²) in [5.41, 5.74) is 6.59. The number of aryl methyl sites for hydroxylation is 1. The van der Waals surface area contributed by atoms with E-state index in [0.717, 1.165) is 5.56 Å². The van der Waals surface area contributed by atoms with Crippen molar-refractivity contribution in [1.82, 2.24) is 4.48 Å². The molecule has 0 amide bonds. The molecule has 4 N–H and O–H groups in total. The second-order valence-corrected chi connectivity index (χ2v) is 11.6. The molecule has 6 rings (SSSR count). The Labute approximate surface area is 281 Å². The zero-order valence-electron chi connectivity index (χ0n) is 27.0. The molecule has 0 radical (unpaired) electrons. The smallest absolute Gasteiger partial charge is 0.196 e. The van der Waals surface area contributed by atoms with Crippen LogP contribution in [0.4, 0.5) is 17.1 Å². The molecular formula is C41H39NO6. The molecule has 0 unspecified atom stereocenters. The van der Waals surface area contributed by atoms with Crippen molar-refractivity contribution in [1.29, 1.82) is 0 Å². The molecule has 7 nitrogen and oxygen atoms in total. The van der Waals surface area contributed by atoms with Gasteiger partial charge >= 0.3 is 0 Å². The van der Waals surface area contributed by atoms with Crippen LogP contribution in [0.15, 0.2) is 140 Å². The monoisotopic (exact) mass is 641 g/mol. The van der Waals surface area contributed by atoms with Crippen molar-refractivity contribution in [3.63, 3.8) is 0 Å². The molecule has 244 valence electrons. The van der Waals surface area contributed by atoms with Crippen LogP contribution >= 0.6 is 0 Å². The van der Waals surface area contributed by atoms with Gasteiger partial charge in [-0.2, -0.15) is 0 Å². The molecule has 48 heavy (non-hydrogen) atoms. The zero-order chi connectivity index (χ0) is 34.1. The highest BCUT2D eigenvalue weighted by atomic mass is 16.5. The predicted octanol–water partition coefficient (Wildman–Crippen LogP) is 8.33. The van der Waals surface area contributed by atoms with Crippen LogP contribution < -0.4 is 9.59 Å². The van der Waals surface area contributed by atoms with E-state index >= 15 is 0 Å². The van der Waals surface area contributed by atoms with Gasteiger partial charge in [-0.15, -0.1) is 5.75 Å². The van der Waals surface area contributed by atoms with E-state index in [2.05, 4.69) is 72.8 Å². The van der Waals surface area contributed by atoms with Crippen LogP contribution in [-0.2, 0) is 17.6 Å². The van der Waals surface area contributed by atoms with Crippen molar-refractivity contribution < 1.29 is 30.3 Å². The molecule has 0 spiro atoms. The van der Waals surface area contributed by atoms with Gasteiger partial charge in [-0.1, -0.05) is 95.6 Å². The van der Waals surface area contributed by atoms with Crippen LogP contribution in [0.3, 0.4) is 0 Å². The first kappa shape index (κ1) is 33.6. The van der Waals surface area contributed by atoms with E-state index in [4.69, 9.17) is 4.74 Å². The summed E-state index contributed by atoms with van der Waals surface area (Å²) >= 11 is 0. The fourth-order valence-electron chi connectivity index (χ4n) is 5.92. The Morgan fingerprint density at radius 1 is 0.521 bits per heavy atom. The average Bonchev–Trinajstić information content (AvgIpc) is 3.09. The Bertz CT molecular complexity index is 1770. The van der Waals surface area contributed by atoms with Crippen molar-refractivity contribution >= 4 is 17.1 Å². The fraction of sp³-hybridized carbons (Fsp3) is 0.122. The normalized spacial score (nSPS) is 11.0. The summed E-state index contributed by atoms with van der Waals surface area (Å²) in [7, 11) is 1.75. The molecule has 0 saturated heterocycles. The highest BCUT2D eigenvalue weighted by molar-refractivity contribution is 5.70. The summed E-state index contributed by atoms with van der Waals surface area (Å²) in [5, 5.41) is 51.5. The number of ether oxygens (including phenoxy) is 1. The Balaban J connectivity index is 0.000000190. The average molecular weight is 642 g/mol.